The second-order valence-electron chi connectivity index (χ2n) is 28.0. The van der Waals surface area contributed by atoms with Crippen LogP contribution in [0.4, 0.5) is 0 Å². The van der Waals surface area contributed by atoms with Crippen LogP contribution in [0.15, 0.2) is 0 Å². The molecular weight excluding hydrogens is 1230 g/mol. The summed E-state index contributed by atoms with van der Waals surface area (Å²) in [6.07, 6.45) is 54.0. The van der Waals surface area contributed by atoms with Crippen LogP contribution in [-0.2, 0) is 65.4 Å². The quantitative estimate of drug-likeness (QED) is 0.0222. The van der Waals surface area contributed by atoms with Crippen molar-refractivity contribution in [1.82, 2.24) is 0 Å². The summed E-state index contributed by atoms with van der Waals surface area (Å²) in [5.41, 5.74) is 0. The third-order valence-corrected chi connectivity index (χ3v) is 19.4. The maximum atomic E-state index is 13.1. The van der Waals surface area contributed by atoms with Crippen LogP contribution in [0, 0.1) is 11.8 Å². The molecule has 0 heterocycles. The van der Waals surface area contributed by atoms with E-state index >= 15 is 0 Å². The van der Waals surface area contributed by atoms with Crippen molar-refractivity contribution >= 4 is 39.5 Å². The number of aliphatic hydroxyl groups is 1. The van der Waals surface area contributed by atoms with Gasteiger partial charge in [-0.05, 0) is 37.5 Å². The Bertz CT molecular complexity index is 1820. The summed E-state index contributed by atoms with van der Waals surface area (Å²) in [5, 5.41) is 10.6. The lowest BCUT2D eigenvalue weighted by Gasteiger charge is -2.21. The second kappa shape index (κ2) is 66.9. The van der Waals surface area contributed by atoms with Gasteiger partial charge >= 0.3 is 39.5 Å². The Kier molecular flexibility index (Phi) is 65.5. The average molecular weight is 1380 g/mol. The molecule has 5 atom stereocenters. The van der Waals surface area contributed by atoms with E-state index in [0.29, 0.717) is 25.7 Å². The first-order chi connectivity index (χ1) is 45.4. The molecule has 0 spiro atoms. The van der Waals surface area contributed by atoms with Crippen molar-refractivity contribution in [2.75, 3.05) is 39.6 Å². The Balaban J connectivity index is 5.26. The summed E-state index contributed by atoms with van der Waals surface area (Å²) in [7, 11) is -9.91. The number of hydrogen-bond donors (Lipinski definition) is 3. The maximum absolute atomic E-state index is 13.1. The van der Waals surface area contributed by atoms with Gasteiger partial charge in [0.2, 0.25) is 0 Å². The number of phosphoric acid groups is 2. The number of unbranched alkanes of at least 4 members (excludes halogenated alkanes) is 44. The predicted octanol–water partition coefficient (Wildman–Crippen LogP) is 21.9. The van der Waals surface area contributed by atoms with Crippen LogP contribution in [0.25, 0.3) is 0 Å². The largest absolute Gasteiger partial charge is 0.472 e. The van der Waals surface area contributed by atoms with Gasteiger partial charge in [-0.1, -0.05) is 337 Å². The van der Waals surface area contributed by atoms with Crippen LogP contribution >= 0.6 is 15.6 Å². The lowest BCUT2D eigenvalue weighted by Crippen LogP contribution is -2.30. The van der Waals surface area contributed by atoms with Crippen molar-refractivity contribution in [3.63, 3.8) is 0 Å². The highest BCUT2D eigenvalue weighted by Crippen LogP contribution is 2.45. The number of ether oxygens (including phenoxy) is 4. The maximum Gasteiger partial charge on any atom is 0.472 e. The molecule has 0 rings (SSSR count). The molecule has 0 radical (unpaired) electrons. The van der Waals surface area contributed by atoms with E-state index in [9.17, 15) is 43.2 Å². The summed E-state index contributed by atoms with van der Waals surface area (Å²) in [6, 6.07) is 0. The first kappa shape index (κ1) is 92.1. The van der Waals surface area contributed by atoms with E-state index in [2.05, 4.69) is 41.5 Å². The minimum Gasteiger partial charge on any atom is -0.462 e. The highest BCUT2D eigenvalue weighted by atomic mass is 31.2. The molecule has 0 aliphatic carbocycles. The summed E-state index contributed by atoms with van der Waals surface area (Å²) in [4.78, 5) is 72.8. The van der Waals surface area contributed by atoms with E-state index in [1.165, 1.54) is 205 Å². The van der Waals surface area contributed by atoms with Crippen LogP contribution in [0.3, 0.4) is 0 Å². The van der Waals surface area contributed by atoms with Crippen molar-refractivity contribution in [3.8, 4) is 0 Å². The number of aliphatic hydroxyl groups excluding tert-OH is 1. The summed E-state index contributed by atoms with van der Waals surface area (Å²) >= 11 is 0. The van der Waals surface area contributed by atoms with Gasteiger partial charge < -0.3 is 33.8 Å². The van der Waals surface area contributed by atoms with Crippen molar-refractivity contribution in [3.05, 3.63) is 0 Å². The number of carbonyl (C=O) groups is 4. The summed E-state index contributed by atoms with van der Waals surface area (Å²) in [5.74, 6) is -0.612. The Hall–Kier alpha value is -1.94. The van der Waals surface area contributed by atoms with Crippen LogP contribution in [0.2, 0.25) is 0 Å². The van der Waals surface area contributed by atoms with Gasteiger partial charge in [-0.25, -0.2) is 9.13 Å². The number of phosphoric ester groups is 2. The molecule has 558 valence electrons. The van der Waals surface area contributed by atoms with Crippen LogP contribution in [-0.4, -0.2) is 96.7 Å². The van der Waals surface area contributed by atoms with E-state index < -0.39 is 97.5 Å². The number of hydrogen-bond acceptors (Lipinski definition) is 15. The van der Waals surface area contributed by atoms with E-state index in [4.69, 9.17) is 37.0 Å². The van der Waals surface area contributed by atoms with E-state index in [0.717, 1.165) is 102 Å². The van der Waals surface area contributed by atoms with Gasteiger partial charge in [-0.15, -0.1) is 0 Å². The Morgan fingerprint density at radius 2 is 0.489 bits per heavy atom. The van der Waals surface area contributed by atoms with Crippen molar-refractivity contribution in [1.29, 1.82) is 0 Å². The topological polar surface area (TPSA) is 237 Å². The average Bonchev–Trinajstić information content (AvgIpc) is 1.58. The second-order valence-corrected chi connectivity index (χ2v) is 30.9. The Labute approximate surface area is 575 Å². The van der Waals surface area contributed by atoms with Crippen molar-refractivity contribution in [2.24, 2.45) is 11.8 Å². The van der Waals surface area contributed by atoms with Crippen molar-refractivity contribution in [2.45, 2.75) is 407 Å². The molecule has 19 heteroatoms. The molecule has 3 N–H and O–H groups in total. The molecule has 17 nitrogen and oxygen atoms in total. The molecule has 0 saturated heterocycles. The Morgan fingerprint density at radius 1 is 0.287 bits per heavy atom. The SMILES string of the molecule is CCCCCCCCCCCCCCCCC(=O)OC[C@H](COP(=O)(O)OC[C@@H](O)COP(=O)(O)OC[C@@H](COC(=O)CCCCCCCCCCC(C)C)OC(=O)CCCCCCCCCCCCCCCC)OC(=O)CCCCCCCCCCCCCCC(C)C. The van der Waals surface area contributed by atoms with Gasteiger partial charge in [-0.2, -0.15) is 0 Å². The minimum absolute atomic E-state index is 0.107. The third-order valence-electron chi connectivity index (χ3n) is 17.5. The summed E-state index contributed by atoms with van der Waals surface area (Å²) < 4.78 is 68.5. The Morgan fingerprint density at radius 3 is 0.723 bits per heavy atom. The van der Waals surface area contributed by atoms with Gasteiger partial charge in [0.15, 0.2) is 12.2 Å². The lowest BCUT2D eigenvalue weighted by atomic mass is 10.0. The first-order valence-electron chi connectivity index (χ1n) is 39.0. The van der Waals surface area contributed by atoms with Crippen LogP contribution in [0.5, 0.6) is 0 Å². The molecule has 0 amide bonds. The highest BCUT2D eigenvalue weighted by Gasteiger charge is 2.30. The third kappa shape index (κ3) is 68.6. The first-order valence-corrected chi connectivity index (χ1v) is 42.0. The molecule has 0 fully saturated rings. The molecule has 0 saturated carbocycles. The molecule has 0 aromatic heterocycles. The van der Waals surface area contributed by atoms with Gasteiger partial charge in [0, 0.05) is 25.7 Å². The lowest BCUT2D eigenvalue weighted by molar-refractivity contribution is -0.161. The zero-order valence-electron chi connectivity index (χ0n) is 61.3. The molecule has 2 unspecified atom stereocenters. The summed E-state index contributed by atoms with van der Waals surface area (Å²) in [6.45, 7) is 9.57. The zero-order valence-corrected chi connectivity index (χ0v) is 63.1. The smallest absolute Gasteiger partial charge is 0.462 e. The molecular formula is C75H146O17P2. The van der Waals surface area contributed by atoms with Crippen molar-refractivity contribution < 1.29 is 80.2 Å². The minimum atomic E-state index is -4.96. The molecule has 0 aromatic carbocycles. The normalized spacial score (nSPS) is 14.0. The van der Waals surface area contributed by atoms with Gasteiger partial charge in [0.1, 0.15) is 19.3 Å². The number of rotatable bonds is 74. The fraction of sp³-hybridized carbons (Fsp3) is 0.947. The monoisotopic (exact) mass is 1380 g/mol. The fourth-order valence-electron chi connectivity index (χ4n) is 11.5. The number of esters is 4. The van der Waals surface area contributed by atoms with Gasteiger partial charge in [0.25, 0.3) is 0 Å². The van der Waals surface area contributed by atoms with Crippen LogP contribution in [0.1, 0.15) is 388 Å². The molecule has 0 aromatic rings. The van der Waals surface area contributed by atoms with Crippen LogP contribution < -0.4 is 0 Å². The van der Waals surface area contributed by atoms with Gasteiger partial charge in [0.05, 0.1) is 26.4 Å². The predicted molar refractivity (Wildman–Crippen MR) is 381 cm³/mol. The highest BCUT2D eigenvalue weighted by molar-refractivity contribution is 7.47. The van der Waals surface area contributed by atoms with E-state index in [-0.39, 0.29) is 25.7 Å². The molecule has 0 aliphatic rings. The standard InChI is InChI=1S/C75H146O17P2/c1-7-9-11-13-15-17-19-21-23-28-32-39-45-51-57-72(77)85-63-70(91-75(80)60-54-48-42-34-30-26-25-27-31-37-43-49-55-67(3)4)65-89-93(81,82)87-61-69(76)62-88-94(83,84)90-66-71(64-86-73(78)58-52-46-40-36-35-38-44-50-56-68(5)6)92-74(79)59-53-47-41-33-29-24-22-20-18-16-14-12-10-8-2/h67-71,76H,7-66H2,1-6H3,(H,81,82)(H,83,84)/t69-,70-,71-/m1/s1. The fourth-order valence-corrected chi connectivity index (χ4v) is 13.1. The van der Waals surface area contributed by atoms with E-state index in [1.807, 2.05) is 0 Å². The zero-order chi connectivity index (χ0) is 69.3. The van der Waals surface area contributed by atoms with E-state index in [1.54, 1.807) is 0 Å². The van der Waals surface area contributed by atoms with Gasteiger partial charge in [-0.3, -0.25) is 37.3 Å². The molecule has 94 heavy (non-hydrogen) atoms. The molecule has 0 bridgehead atoms. The number of carbonyl (C=O) groups excluding carboxylic acids is 4. The molecule has 0 aliphatic heterocycles.